The van der Waals surface area contributed by atoms with Crippen LogP contribution in [0, 0.1) is 17.5 Å². The molecule has 0 aliphatic carbocycles. The van der Waals surface area contributed by atoms with E-state index in [4.69, 9.17) is 4.74 Å². The molecular formula is C12H14F3NO. The molecule has 0 aromatic heterocycles. The van der Waals surface area contributed by atoms with Crippen LogP contribution in [0.1, 0.15) is 24.3 Å². The van der Waals surface area contributed by atoms with Gasteiger partial charge in [0.15, 0.2) is 23.2 Å². The van der Waals surface area contributed by atoms with E-state index in [0.29, 0.717) is 13.0 Å². The largest absolute Gasteiger partial charge is 0.494 e. The van der Waals surface area contributed by atoms with Crippen molar-refractivity contribution in [1.29, 1.82) is 0 Å². The molecule has 1 unspecified atom stereocenters. The molecule has 1 aromatic carbocycles. The topological polar surface area (TPSA) is 21.3 Å². The van der Waals surface area contributed by atoms with Gasteiger partial charge in [0.2, 0.25) is 0 Å². The first-order chi connectivity index (χ1) is 8.15. The fourth-order valence-electron chi connectivity index (χ4n) is 2.20. The number of halogens is 3. The maximum atomic E-state index is 13.9. The van der Waals surface area contributed by atoms with E-state index in [0.717, 1.165) is 19.0 Å². The normalized spacial score (nSPS) is 20.4. The molecule has 0 saturated carbocycles. The van der Waals surface area contributed by atoms with E-state index < -0.39 is 17.5 Å². The van der Waals surface area contributed by atoms with Gasteiger partial charge in [-0.1, -0.05) is 0 Å². The van der Waals surface area contributed by atoms with Crippen LogP contribution in [0.25, 0.3) is 0 Å². The molecule has 1 heterocycles. The molecule has 1 atom stereocenters. The molecule has 1 aromatic rings. The predicted octanol–water partition coefficient (Wildman–Crippen LogP) is 2.58. The number of hydrogen-bond acceptors (Lipinski definition) is 2. The number of methoxy groups -OCH3 is 1. The highest BCUT2D eigenvalue weighted by Crippen LogP contribution is 2.33. The van der Waals surface area contributed by atoms with Crippen molar-refractivity contribution in [2.45, 2.75) is 18.8 Å². The van der Waals surface area contributed by atoms with Gasteiger partial charge in [-0.15, -0.1) is 0 Å². The van der Waals surface area contributed by atoms with Crippen molar-refractivity contribution in [3.8, 4) is 5.75 Å². The third kappa shape index (κ3) is 2.24. The van der Waals surface area contributed by atoms with Gasteiger partial charge < -0.3 is 10.1 Å². The highest BCUT2D eigenvalue weighted by atomic mass is 19.2. The fraction of sp³-hybridized carbons (Fsp3) is 0.500. The van der Waals surface area contributed by atoms with Crippen LogP contribution < -0.4 is 10.1 Å². The highest BCUT2D eigenvalue weighted by molar-refractivity contribution is 5.36. The van der Waals surface area contributed by atoms with Crippen LogP contribution in [0.5, 0.6) is 5.75 Å². The summed E-state index contributed by atoms with van der Waals surface area (Å²) in [4.78, 5) is 0. The van der Waals surface area contributed by atoms with Gasteiger partial charge in [0.1, 0.15) is 0 Å². The maximum absolute atomic E-state index is 13.9. The first-order valence-corrected chi connectivity index (χ1v) is 5.57. The zero-order chi connectivity index (χ0) is 12.4. The van der Waals surface area contributed by atoms with E-state index in [2.05, 4.69) is 5.32 Å². The summed E-state index contributed by atoms with van der Waals surface area (Å²) >= 11 is 0. The van der Waals surface area contributed by atoms with Gasteiger partial charge in [0.25, 0.3) is 0 Å². The predicted molar refractivity (Wildman–Crippen MR) is 57.7 cm³/mol. The van der Waals surface area contributed by atoms with Gasteiger partial charge in [-0.3, -0.25) is 0 Å². The molecule has 2 rings (SSSR count). The van der Waals surface area contributed by atoms with Crippen molar-refractivity contribution < 1.29 is 17.9 Å². The van der Waals surface area contributed by atoms with Crippen LogP contribution in [0.4, 0.5) is 13.2 Å². The summed E-state index contributed by atoms with van der Waals surface area (Å²) in [5.74, 6) is -3.54. The Hall–Kier alpha value is -1.23. The van der Waals surface area contributed by atoms with E-state index >= 15 is 0 Å². The lowest BCUT2D eigenvalue weighted by atomic mass is 9.90. The Balaban J connectivity index is 2.46. The maximum Gasteiger partial charge on any atom is 0.171 e. The van der Waals surface area contributed by atoms with Crippen LogP contribution in [-0.2, 0) is 0 Å². The lowest BCUT2D eigenvalue weighted by Crippen LogP contribution is -2.29. The van der Waals surface area contributed by atoms with E-state index in [1.807, 2.05) is 0 Å². The minimum absolute atomic E-state index is 0.200. The van der Waals surface area contributed by atoms with Crippen LogP contribution >= 0.6 is 0 Å². The quantitative estimate of drug-likeness (QED) is 0.808. The summed E-state index contributed by atoms with van der Waals surface area (Å²) in [6, 6.07) is 0.740. The molecule has 0 radical (unpaired) electrons. The third-order valence-electron chi connectivity index (χ3n) is 3.08. The summed E-state index contributed by atoms with van der Waals surface area (Å²) in [7, 11) is 1.23. The van der Waals surface area contributed by atoms with Crippen LogP contribution in [0.15, 0.2) is 6.07 Å². The van der Waals surface area contributed by atoms with Gasteiger partial charge in [-0.05, 0) is 19.4 Å². The first-order valence-electron chi connectivity index (χ1n) is 5.57. The van der Waals surface area contributed by atoms with Crippen LogP contribution in [-0.4, -0.2) is 20.2 Å². The molecule has 1 aliphatic rings. The second-order valence-electron chi connectivity index (χ2n) is 4.15. The number of nitrogens with one attached hydrogen (secondary N) is 1. The molecule has 94 valence electrons. The van der Waals surface area contributed by atoms with Crippen molar-refractivity contribution in [1.82, 2.24) is 5.32 Å². The Labute approximate surface area is 97.8 Å². The molecule has 1 saturated heterocycles. The van der Waals surface area contributed by atoms with Crippen molar-refractivity contribution in [3.63, 3.8) is 0 Å². The Morgan fingerprint density at radius 3 is 2.65 bits per heavy atom. The van der Waals surface area contributed by atoms with Crippen molar-refractivity contribution in [3.05, 3.63) is 29.1 Å². The monoisotopic (exact) mass is 245 g/mol. The lowest BCUT2D eigenvalue weighted by molar-refractivity contribution is 0.358. The third-order valence-corrected chi connectivity index (χ3v) is 3.08. The summed E-state index contributed by atoms with van der Waals surface area (Å²) in [6.07, 6.45) is 1.47. The molecule has 0 amide bonds. The van der Waals surface area contributed by atoms with Gasteiger partial charge in [-0.2, -0.15) is 0 Å². The highest BCUT2D eigenvalue weighted by Gasteiger charge is 2.27. The van der Waals surface area contributed by atoms with Crippen molar-refractivity contribution in [2.24, 2.45) is 0 Å². The molecule has 1 aliphatic heterocycles. The summed E-state index contributed by atoms with van der Waals surface area (Å²) in [6.45, 7) is 1.28. The zero-order valence-electron chi connectivity index (χ0n) is 9.53. The summed E-state index contributed by atoms with van der Waals surface area (Å²) < 4.78 is 45.6. The SMILES string of the molecule is COc1cc(F)c(F)c(C2CCCNC2)c1F. The number of hydrogen-bond donors (Lipinski definition) is 1. The lowest BCUT2D eigenvalue weighted by Gasteiger charge is -2.24. The average Bonchev–Trinajstić information content (AvgIpc) is 2.35. The molecule has 0 spiro atoms. The second-order valence-corrected chi connectivity index (χ2v) is 4.15. The van der Waals surface area contributed by atoms with Crippen LogP contribution in [0.2, 0.25) is 0 Å². The van der Waals surface area contributed by atoms with Crippen molar-refractivity contribution >= 4 is 0 Å². The first kappa shape index (κ1) is 12.2. The van der Waals surface area contributed by atoms with Gasteiger partial charge in [-0.25, -0.2) is 13.2 Å². The van der Waals surface area contributed by atoms with Gasteiger partial charge in [0.05, 0.1) is 7.11 Å². The number of ether oxygens (including phenoxy) is 1. The second kappa shape index (κ2) is 4.96. The van der Waals surface area contributed by atoms with E-state index in [1.165, 1.54) is 7.11 Å². The summed E-state index contributed by atoms with van der Waals surface area (Å²) in [5, 5.41) is 3.05. The van der Waals surface area contributed by atoms with Crippen LogP contribution in [0.3, 0.4) is 0 Å². The molecule has 17 heavy (non-hydrogen) atoms. The molecular weight excluding hydrogens is 231 g/mol. The zero-order valence-corrected chi connectivity index (χ0v) is 9.53. The standard InChI is InChI=1S/C12H14F3NO/c1-17-9-5-8(13)11(14)10(12(9)15)7-3-2-4-16-6-7/h5,7,16H,2-4,6H2,1H3. The fourth-order valence-corrected chi connectivity index (χ4v) is 2.20. The Morgan fingerprint density at radius 2 is 2.06 bits per heavy atom. The van der Waals surface area contributed by atoms with Crippen molar-refractivity contribution in [2.75, 3.05) is 20.2 Å². The number of rotatable bonds is 2. The molecule has 0 bridgehead atoms. The number of benzene rings is 1. The minimum atomic E-state index is -1.10. The molecule has 1 N–H and O–H groups in total. The molecule has 5 heteroatoms. The van der Waals surface area contributed by atoms with E-state index in [1.54, 1.807) is 0 Å². The molecule has 2 nitrogen and oxygen atoms in total. The van der Waals surface area contributed by atoms with Gasteiger partial charge in [0, 0.05) is 24.1 Å². The smallest absolute Gasteiger partial charge is 0.171 e. The Kier molecular flexibility index (Phi) is 3.57. The minimum Gasteiger partial charge on any atom is -0.494 e. The Bertz CT molecular complexity index is 417. The number of piperidine rings is 1. The summed E-state index contributed by atoms with van der Waals surface area (Å²) in [5.41, 5.74) is -0.200. The van der Waals surface area contributed by atoms with E-state index in [-0.39, 0.29) is 17.2 Å². The Morgan fingerprint density at radius 1 is 1.29 bits per heavy atom. The average molecular weight is 245 g/mol. The van der Waals surface area contributed by atoms with E-state index in [9.17, 15) is 13.2 Å². The van der Waals surface area contributed by atoms with Gasteiger partial charge >= 0.3 is 0 Å². The molecule has 1 fully saturated rings.